The SMILES string of the molecule is Cc1ccc(C)c(CC(C)CC2=C(C3=Cc4cc5c(cc4C3)CC(CCC(C)C)C5=O)C(=O)CC=C2)c1. The lowest BCUT2D eigenvalue weighted by Crippen LogP contribution is -2.13. The Kier molecular flexibility index (Phi) is 7.21. The Bertz CT molecular complexity index is 1350. The normalized spacial score (nSPS) is 19.5. The lowest BCUT2D eigenvalue weighted by molar-refractivity contribution is -0.114. The second-order valence-corrected chi connectivity index (χ2v) is 12.2. The van der Waals surface area contributed by atoms with Crippen LogP contribution in [0.2, 0.25) is 0 Å². The average molecular weight is 493 g/mol. The number of carbonyl (C=O) groups excluding carboxylic acids is 2. The largest absolute Gasteiger partial charge is 0.294 e. The summed E-state index contributed by atoms with van der Waals surface area (Å²) in [4.78, 5) is 26.3. The molecule has 0 spiro atoms. The van der Waals surface area contributed by atoms with Gasteiger partial charge in [-0.15, -0.1) is 0 Å². The average Bonchev–Trinajstić information content (AvgIpc) is 3.38. The quantitative estimate of drug-likeness (QED) is 0.373. The molecule has 0 radical (unpaired) electrons. The van der Waals surface area contributed by atoms with Crippen molar-refractivity contribution in [2.24, 2.45) is 17.8 Å². The first-order valence-electron chi connectivity index (χ1n) is 14.1. The van der Waals surface area contributed by atoms with Gasteiger partial charge < -0.3 is 0 Å². The van der Waals surface area contributed by atoms with Gasteiger partial charge in [0, 0.05) is 23.5 Å². The van der Waals surface area contributed by atoms with Crippen LogP contribution >= 0.6 is 0 Å². The summed E-state index contributed by atoms with van der Waals surface area (Å²) in [5.74, 6) is 1.75. The van der Waals surface area contributed by atoms with E-state index < -0.39 is 0 Å². The van der Waals surface area contributed by atoms with E-state index in [1.165, 1.54) is 33.4 Å². The van der Waals surface area contributed by atoms with Gasteiger partial charge in [-0.1, -0.05) is 75.2 Å². The number of carbonyl (C=O) groups is 2. The van der Waals surface area contributed by atoms with Gasteiger partial charge in [-0.2, -0.15) is 0 Å². The van der Waals surface area contributed by atoms with Crippen LogP contribution in [-0.2, 0) is 24.1 Å². The van der Waals surface area contributed by atoms with Crippen molar-refractivity contribution >= 4 is 17.6 Å². The summed E-state index contributed by atoms with van der Waals surface area (Å²) in [6.45, 7) is 11.1. The second kappa shape index (κ2) is 10.4. The molecule has 5 rings (SSSR count). The van der Waals surface area contributed by atoms with E-state index in [1.807, 2.05) is 6.08 Å². The maximum atomic E-state index is 13.2. The van der Waals surface area contributed by atoms with E-state index in [1.54, 1.807) is 0 Å². The molecule has 0 heterocycles. The Balaban J connectivity index is 1.38. The molecule has 0 fully saturated rings. The third-order valence-electron chi connectivity index (χ3n) is 8.46. The number of benzene rings is 2. The third-order valence-corrected chi connectivity index (χ3v) is 8.46. The van der Waals surface area contributed by atoms with Gasteiger partial charge in [-0.25, -0.2) is 0 Å². The summed E-state index contributed by atoms with van der Waals surface area (Å²) >= 11 is 0. The van der Waals surface area contributed by atoms with Gasteiger partial charge in [0.1, 0.15) is 0 Å². The fraction of sp³-hybridized carbons (Fsp3) is 0.429. The van der Waals surface area contributed by atoms with E-state index in [9.17, 15) is 9.59 Å². The first-order chi connectivity index (χ1) is 17.7. The van der Waals surface area contributed by atoms with Gasteiger partial charge in [0.15, 0.2) is 11.6 Å². The van der Waals surface area contributed by atoms with Gasteiger partial charge in [0.05, 0.1) is 0 Å². The maximum Gasteiger partial charge on any atom is 0.167 e. The Hall–Kier alpha value is -3.00. The van der Waals surface area contributed by atoms with Crippen LogP contribution in [-0.4, -0.2) is 11.6 Å². The fourth-order valence-electron chi connectivity index (χ4n) is 6.42. The summed E-state index contributed by atoms with van der Waals surface area (Å²) in [7, 11) is 0. The third kappa shape index (κ3) is 5.35. The molecule has 2 unspecified atom stereocenters. The summed E-state index contributed by atoms with van der Waals surface area (Å²) in [6, 6.07) is 11.1. The molecule has 2 aromatic rings. The minimum absolute atomic E-state index is 0.140. The number of rotatable bonds is 8. The maximum absolute atomic E-state index is 13.2. The minimum atomic E-state index is 0.140. The molecule has 0 aromatic heterocycles. The van der Waals surface area contributed by atoms with Crippen LogP contribution in [0.5, 0.6) is 0 Å². The molecule has 0 amide bonds. The van der Waals surface area contributed by atoms with Crippen molar-refractivity contribution in [3.05, 3.63) is 98.1 Å². The van der Waals surface area contributed by atoms with Gasteiger partial charge in [0.2, 0.25) is 0 Å². The first-order valence-corrected chi connectivity index (χ1v) is 14.1. The summed E-state index contributed by atoms with van der Waals surface area (Å²) in [5, 5.41) is 0. The topological polar surface area (TPSA) is 34.1 Å². The highest BCUT2D eigenvalue weighted by atomic mass is 16.1. The van der Waals surface area contributed by atoms with Crippen LogP contribution in [0.1, 0.15) is 90.2 Å². The van der Waals surface area contributed by atoms with Gasteiger partial charge in [-0.05, 0) is 103 Å². The molecule has 0 aliphatic heterocycles. The highest BCUT2D eigenvalue weighted by Crippen LogP contribution is 2.39. The molecule has 192 valence electrons. The molecule has 2 nitrogen and oxygen atoms in total. The van der Waals surface area contributed by atoms with E-state index in [0.29, 0.717) is 24.0 Å². The van der Waals surface area contributed by atoms with Crippen molar-refractivity contribution in [3.8, 4) is 0 Å². The molecule has 0 N–H and O–H groups in total. The van der Waals surface area contributed by atoms with Crippen LogP contribution in [0.25, 0.3) is 6.08 Å². The van der Waals surface area contributed by atoms with Gasteiger partial charge in [-0.3, -0.25) is 9.59 Å². The minimum Gasteiger partial charge on any atom is -0.294 e. The summed E-state index contributed by atoms with van der Waals surface area (Å²) < 4.78 is 0. The van der Waals surface area contributed by atoms with Crippen LogP contribution < -0.4 is 0 Å². The fourth-order valence-corrected chi connectivity index (χ4v) is 6.42. The smallest absolute Gasteiger partial charge is 0.167 e. The zero-order valence-corrected chi connectivity index (χ0v) is 23.1. The molecule has 3 aliphatic carbocycles. The number of allylic oxidation sites excluding steroid dienone is 5. The van der Waals surface area contributed by atoms with E-state index in [4.69, 9.17) is 0 Å². The van der Waals surface area contributed by atoms with Crippen LogP contribution in [0.3, 0.4) is 0 Å². The van der Waals surface area contributed by atoms with Crippen molar-refractivity contribution in [1.82, 2.24) is 0 Å². The predicted octanol–water partition coefficient (Wildman–Crippen LogP) is 8.13. The molecule has 2 heteroatoms. The Labute approximate surface area is 222 Å². The van der Waals surface area contributed by atoms with Gasteiger partial charge in [0.25, 0.3) is 0 Å². The van der Waals surface area contributed by atoms with E-state index in [2.05, 4.69) is 77.1 Å². The highest BCUT2D eigenvalue weighted by molar-refractivity contribution is 6.06. The molecule has 0 saturated carbocycles. The zero-order valence-electron chi connectivity index (χ0n) is 23.1. The number of Topliss-reactive ketones (excluding diaryl/α,β-unsaturated/α-hetero) is 2. The van der Waals surface area contributed by atoms with E-state index in [0.717, 1.165) is 60.8 Å². The second-order valence-electron chi connectivity index (χ2n) is 12.2. The van der Waals surface area contributed by atoms with Crippen molar-refractivity contribution in [2.75, 3.05) is 0 Å². The van der Waals surface area contributed by atoms with Crippen molar-refractivity contribution in [2.45, 2.75) is 79.6 Å². The molecule has 37 heavy (non-hydrogen) atoms. The molecule has 2 aromatic carbocycles. The molecule has 2 atom stereocenters. The lowest BCUT2D eigenvalue weighted by Gasteiger charge is -2.20. The number of ketones is 2. The number of aryl methyl sites for hydroxylation is 2. The predicted molar refractivity (Wildman–Crippen MR) is 153 cm³/mol. The standard InChI is InChI=1S/C35H40O2/c1-21(2)9-12-26-16-30-17-28-18-31(19-29(28)20-32(30)35(26)37)34-25(7-6-8-33(34)36)14-23(4)15-27-13-22(3)10-11-24(27)5/h6-7,10-11,13,17,19-21,23,26H,8-9,12,14-16,18H2,1-5H3. The van der Waals surface area contributed by atoms with E-state index in [-0.39, 0.29) is 11.7 Å². The molecule has 0 saturated heterocycles. The highest BCUT2D eigenvalue weighted by Gasteiger charge is 2.33. The number of hydrogen-bond donors (Lipinski definition) is 0. The number of fused-ring (bicyclic) bond motifs is 2. The van der Waals surface area contributed by atoms with Gasteiger partial charge >= 0.3 is 0 Å². The van der Waals surface area contributed by atoms with Crippen molar-refractivity contribution < 1.29 is 9.59 Å². The number of hydrogen-bond acceptors (Lipinski definition) is 2. The van der Waals surface area contributed by atoms with Crippen LogP contribution in [0, 0.1) is 31.6 Å². The Morgan fingerprint density at radius 1 is 0.973 bits per heavy atom. The van der Waals surface area contributed by atoms with Crippen molar-refractivity contribution in [1.29, 1.82) is 0 Å². The molecular formula is C35H40O2. The zero-order chi connectivity index (χ0) is 26.3. The molecule has 0 bridgehead atoms. The van der Waals surface area contributed by atoms with Crippen LogP contribution in [0.4, 0.5) is 0 Å². The molecule has 3 aliphatic rings. The monoisotopic (exact) mass is 492 g/mol. The van der Waals surface area contributed by atoms with Crippen molar-refractivity contribution in [3.63, 3.8) is 0 Å². The Morgan fingerprint density at radius 3 is 2.57 bits per heavy atom. The van der Waals surface area contributed by atoms with E-state index >= 15 is 0 Å². The summed E-state index contributed by atoms with van der Waals surface area (Å²) in [5.41, 5.74) is 11.8. The van der Waals surface area contributed by atoms with Crippen LogP contribution in [0.15, 0.2) is 59.2 Å². The molecular weight excluding hydrogens is 452 g/mol. The first kappa shape index (κ1) is 25.6. The summed E-state index contributed by atoms with van der Waals surface area (Å²) in [6.07, 6.45) is 12.5. The Morgan fingerprint density at radius 2 is 1.78 bits per heavy atom. The lowest BCUT2D eigenvalue weighted by atomic mass is 9.83.